The van der Waals surface area contributed by atoms with Gasteiger partial charge in [0.25, 0.3) is 0 Å². The highest BCUT2D eigenvalue weighted by molar-refractivity contribution is 5.75. The number of ketones is 1. The van der Waals surface area contributed by atoms with E-state index in [-0.39, 0.29) is 5.78 Å². The highest BCUT2D eigenvalue weighted by atomic mass is 16.1. The first kappa shape index (κ1) is 11.7. The number of carbonyl (C=O) groups is 1. The first-order chi connectivity index (χ1) is 6.02. The van der Waals surface area contributed by atoms with E-state index in [9.17, 15) is 4.79 Å². The molecule has 0 aliphatic heterocycles. The van der Waals surface area contributed by atoms with E-state index in [0.717, 1.165) is 18.4 Å². The van der Waals surface area contributed by atoms with Gasteiger partial charge in [-0.25, -0.2) is 0 Å². The van der Waals surface area contributed by atoms with Gasteiger partial charge in [0.15, 0.2) is 0 Å². The van der Waals surface area contributed by atoms with Crippen LogP contribution in [0.5, 0.6) is 0 Å². The van der Waals surface area contributed by atoms with E-state index in [1.54, 1.807) is 13.0 Å². The number of hydrogen-bond donors (Lipinski definition) is 1. The van der Waals surface area contributed by atoms with Gasteiger partial charge in [-0.05, 0) is 25.8 Å². The van der Waals surface area contributed by atoms with Crippen molar-refractivity contribution in [2.45, 2.75) is 26.2 Å². The molecule has 0 saturated carbocycles. The lowest BCUT2D eigenvalue weighted by molar-refractivity contribution is -0.117. The van der Waals surface area contributed by atoms with Gasteiger partial charge in [0.05, 0.1) is 0 Å². The lowest BCUT2D eigenvalue weighted by atomic mass is 10.1. The number of nitrogens with two attached hydrogens (primary N) is 1. The van der Waals surface area contributed by atoms with Crippen LogP contribution in [0.4, 0.5) is 0 Å². The second kappa shape index (κ2) is 6.23. The zero-order chi connectivity index (χ0) is 10.3. The molecule has 2 heteroatoms. The summed E-state index contributed by atoms with van der Waals surface area (Å²) in [7, 11) is 0. The van der Waals surface area contributed by atoms with Crippen molar-refractivity contribution in [2.24, 2.45) is 5.73 Å². The minimum absolute atomic E-state index is 0.222. The maximum Gasteiger partial charge on any atom is 0.129 e. The van der Waals surface area contributed by atoms with Gasteiger partial charge >= 0.3 is 0 Å². The van der Waals surface area contributed by atoms with E-state index >= 15 is 0 Å². The molecule has 0 unspecified atom stereocenters. The summed E-state index contributed by atoms with van der Waals surface area (Å²) in [5, 5.41) is 0. The van der Waals surface area contributed by atoms with Crippen molar-refractivity contribution < 1.29 is 4.79 Å². The number of rotatable bonds is 6. The Balaban J connectivity index is 3.64. The first-order valence-electron chi connectivity index (χ1n) is 4.32. The lowest BCUT2D eigenvalue weighted by Crippen LogP contribution is -1.91. The average molecular weight is 179 g/mol. The summed E-state index contributed by atoms with van der Waals surface area (Å²) in [5.41, 5.74) is 6.84. The number of allylic oxidation sites excluding steroid dienone is 3. The highest BCUT2D eigenvalue weighted by Gasteiger charge is 1.94. The second-order valence-electron chi connectivity index (χ2n) is 3.12. The Labute approximate surface area is 79.8 Å². The van der Waals surface area contributed by atoms with Gasteiger partial charge in [-0.1, -0.05) is 24.8 Å². The SMILES string of the molecule is C=C(N)/C=C\C(=C)CCCC(C)=O. The molecule has 0 aromatic rings. The Morgan fingerprint density at radius 2 is 1.92 bits per heavy atom. The van der Waals surface area contributed by atoms with Gasteiger partial charge < -0.3 is 10.5 Å². The van der Waals surface area contributed by atoms with Crippen molar-refractivity contribution in [1.29, 1.82) is 0 Å². The van der Waals surface area contributed by atoms with Crippen LogP contribution in [-0.2, 0) is 4.79 Å². The molecule has 0 rings (SSSR count). The molecule has 0 radical (unpaired) electrons. The summed E-state index contributed by atoms with van der Waals surface area (Å²) in [5.74, 6) is 0.222. The van der Waals surface area contributed by atoms with Crippen molar-refractivity contribution in [1.82, 2.24) is 0 Å². The topological polar surface area (TPSA) is 43.1 Å². The molecule has 0 aliphatic carbocycles. The van der Waals surface area contributed by atoms with E-state index < -0.39 is 0 Å². The fourth-order valence-electron chi connectivity index (χ4n) is 0.873. The normalized spacial score (nSPS) is 10.2. The van der Waals surface area contributed by atoms with Crippen LogP contribution < -0.4 is 5.73 Å². The molecule has 0 fully saturated rings. The molecule has 0 saturated heterocycles. The third-order valence-electron chi connectivity index (χ3n) is 1.56. The largest absolute Gasteiger partial charge is 0.399 e. The third kappa shape index (κ3) is 8.60. The summed E-state index contributed by atoms with van der Waals surface area (Å²) in [6.07, 6.45) is 5.87. The average Bonchev–Trinajstić information content (AvgIpc) is 2.00. The zero-order valence-electron chi connectivity index (χ0n) is 8.18. The molecule has 13 heavy (non-hydrogen) atoms. The van der Waals surface area contributed by atoms with Gasteiger partial charge in [-0.3, -0.25) is 0 Å². The highest BCUT2D eigenvalue weighted by Crippen LogP contribution is 2.07. The molecule has 2 N–H and O–H groups in total. The van der Waals surface area contributed by atoms with Crippen LogP contribution in [-0.4, -0.2) is 5.78 Å². The predicted octanol–water partition coefficient (Wildman–Crippen LogP) is 2.33. The van der Waals surface area contributed by atoms with Crippen molar-refractivity contribution in [3.8, 4) is 0 Å². The van der Waals surface area contributed by atoms with Crippen LogP contribution >= 0.6 is 0 Å². The molecule has 72 valence electrons. The van der Waals surface area contributed by atoms with Crippen LogP contribution in [0.2, 0.25) is 0 Å². The second-order valence-corrected chi connectivity index (χ2v) is 3.12. The van der Waals surface area contributed by atoms with Crippen LogP contribution in [0.3, 0.4) is 0 Å². The van der Waals surface area contributed by atoms with Crippen LogP contribution in [0.25, 0.3) is 0 Å². The van der Waals surface area contributed by atoms with Crippen molar-refractivity contribution >= 4 is 5.78 Å². The third-order valence-corrected chi connectivity index (χ3v) is 1.56. The smallest absolute Gasteiger partial charge is 0.129 e. The van der Waals surface area contributed by atoms with E-state index in [1.807, 2.05) is 6.08 Å². The molecule has 0 aromatic heterocycles. The summed E-state index contributed by atoms with van der Waals surface area (Å²) in [6.45, 7) is 8.96. The summed E-state index contributed by atoms with van der Waals surface area (Å²) < 4.78 is 0. The molecule has 0 amide bonds. The van der Waals surface area contributed by atoms with Gasteiger partial charge in [0, 0.05) is 12.1 Å². The van der Waals surface area contributed by atoms with Crippen LogP contribution in [0, 0.1) is 0 Å². The monoisotopic (exact) mass is 179 g/mol. The summed E-state index contributed by atoms with van der Waals surface area (Å²) in [4.78, 5) is 10.6. The predicted molar refractivity (Wildman–Crippen MR) is 56.1 cm³/mol. The molecule has 0 bridgehead atoms. The summed E-state index contributed by atoms with van der Waals surface area (Å²) in [6, 6.07) is 0. The fourth-order valence-corrected chi connectivity index (χ4v) is 0.873. The quantitative estimate of drug-likeness (QED) is 0.636. The number of hydrogen-bond acceptors (Lipinski definition) is 2. The van der Waals surface area contributed by atoms with Gasteiger partial charge in [-0.2, -0.15) is 0 Å². The Kier molecular flexibility index (Phi) is 5.60. The Bertz CT molecular complexity index is 238. The van der Waals surface area contributed by atoms with E-state index in [0.29, 0.717) is 12.1 Å². The van der Waals surface area contributed by atoms with Crippen molar-refractivity contribution in [3.63, 3.8) is 0 Å². The molecule has 0 atom stereocenters. The Morgan fingerprint density at radius 3 is 2.38 bits per heavy atom. The summed E-state index contributed by atoms with van der Waals surface area (Å²) >= 11 is 0. The number of Topliss-reactive ketones (excluding diaryl/α,β-unsaturated/α-hetero) is 1. The van der Waals surface area contributed by atoms with Gasteiger partial charge in [0.2, 0.25) is 0 Å². The molecule has 0 aromatic carbocycles. The van der Waals surface area contributed by atoms with E-state index in [4.69, 9.17) is 5.73 Å². The Hall–Kier alpha value is -1.31. The van der Waals surface area contributed by atoms with E-state index in [1.165, 1.54) is 0 Å². The molecular formula is C11H17NO. The number of carbonyl (C=O) groups excluding carboxylic acids is 1. The zero-order valence-corrected chi connectivity index (χ0v) is 8.18. The maximum absolute atomic E-state index is 10.6. The molecule has 0 heterocycles. The van der Waals surface area contributed by atoms with Gasteiger partial charge in [-0.15, -0.1) is 0 Å². The van der Waals surface area contributed by atoms with E-state index in [2.05, 4.69) is 13.2 Å². The minimum Gasteiger partial charge on any atom is -0.399 e. The van der Waals surface area contributed by atoms with Crippen molar-refractivity contribution in [2.75, 3.05) is 0 Å². The van der Waals surface area contributed by atoms with Crippen LogP contribution in [0.15, 0.2) is 36.6 Å². The maximum atomic E-state index is 10.6. The van der Waals surface area contributed by atoms with Crippen molar-refractivity contribution in [3.05, 3.63) is 36.6 Å². The fraction of sp³-hybridized carbons (Fsp3) is 0.364. The lowest BCUT2D eigenvalue weighted by Gasteiger charge is -1.97. The molecule has 2 nitrogen and oxygen atoms in total. The minimum atomic E-state index is 0.222. The molecule has 0 spiro atoms. The standard InChI is InChI=1S/C11H17NO/c1-9(7-8-10(2)12)5-4-6-11(3)13/h7-8H,1-2,4-6,12H2,3H3/b8-7-. The Morgan fingerprint density at radius 1 is 1.31 bits per heavy atom. The molecular weight excluding hydrogens is 162 g/mol. The van der Waals surface area contributed by atoms with Crippen LogP contribution in [0.1, 0.15) is 26.2 Å². The van der Waals surface area contributed by atoms with Gasteiger partial charge in [0.1, 0.15) is 5.78 Å². The first-order valence-corrected chi connectivity index (χ1v) is 4.32. The molecule has 0 aliphatic rings.